The third kappa shape index (κ3) is 3.96. The fraction of sp³-hybridized carbons (Fsp3) is 0.267. The zero-order chi connectivity index (χ0) is 16.3. The highest BCUT2D eigenvalue weighted by atomic mass is 32.2. The highest BCUT2D eigenvalue weighted by Crippen LogP contribution is 2.15. The summed E-state index contributed by atoms with van der Waals surface area (Å²) in [5.74, 6) is 0.421. The van der Waals surface area contributed by atoms with E-state index in [2.05, 4.69) is 5.32 Å². The van der Waals surface area contributed by atoms with Gasteiger partial charge in [0.2, 0.25) is 10.0 Å². The number of carbonyl (C=O) groups excluding carboxylic acids is 1. The Balaban J connectivity index is 2.15. The summed E-state index contributed by atoms with van der Waals surface area (Å²) in [7, 11) is -3.84. The summed E-state index contributed by atoms with van der Waals surface area (Å²) in [6, 6.07) is 7.69. The summed E-state index contributed by atoms with van der Waals surface area (Å²) in [5.41, 5.74) is 0.966. The van der Waals surface area contributed by atoms with E-state index in [0.29, 0.717) is 12.0 Å². The molecule has 0 saturated heterocycles. The molecular weight excluding hydrogens is 304 g/mol. The van der Waals surface area contributed by atoms with Gasteiger partial charge in [0, 0.05) is 18.0 Å². The van der Waals surface area contributed by atoms with Gasteiger partial charge in [0.25, 0.3) is 5.91 Å². The Morgan fingerprint density at radius 3 is 2.68 bits per heavy atom. The molecule has 0 aliphatic heterocycles. The van der Waals surface area contributed by atoms with Crippen LogP contribution in [0.5, 0.6) is 0 Å². The molecule has 1 aromatic carbocycles. The first-order valence-electron chi connectivity index (χ1n) is 6.74. The molecule has 0 bridgehead atoms. The van der Waals surface area contributed by atoms with Gasteiger partial charge >= 0.3 is 0 Å². The summed E-state index contributed by atoms with van der Waals surface area (Å²) in [5, 5.41) is 7.91. The van der Waals surface area contributed by atoms with Crippen LogP contribution in [0.1, 0.15) is 28.6 Å². The second-order valence-corrected chi connectivity index (χ2v) is 6.74. The van der Waals surface area contributed by atoms with E-state index in [1.807, 2.05) is 13.0 Å². The third-order valence-electron chi connectivity index (χ3n) is 3.25. The topological polar surface area (TPSA) is 102 Å². The van der Waals surface area contributed by atoms with Crippen molar-refractivity contribution in [3.63, 3.8) is 0 Å². The highest BCUT2D eigenvalue weighted by molar-refractivity contribution is 7.89. The van der Waals surface area contributed by atoms with Crippen LogP contribution in [-0.2, 0) is 16.4 Å². The van der Waals surface area contributed by atoms with Crippen LogP contribution in [0.3, 0.4) is 0 Å². The number of primary sulfonamides is 1. The molecule has 22 heavy (non-hydrogen) atoms. The Morgan fingerprint density at radius 2 is 2.09 bits per heavy atom. The van der Waals surface area contributed by atoms with Gasteiger partial charge in [-0.15, -0.1) is 0 Å². The normalized spacial score (nSPS) is 12.9. The van der Waals surface area contributed by atoms with Crippen LogP contribution in [0.2, 0.25) is 0 Å². The molecule has 7 heteroatoms. The quantitative estimate of drug-likeness (QED) is 0.872. The van der Waals surface area contributed by atoms with E-state index in [9.17, 15) is 13.2 Å². The SMILES string of the molecule is Cc1ccc(S(N)(=O)=O)cc1C(=O)NC(C)Cc1ccco1. The maximum atomic E-state index is 12.3. The van der Waals surface area contributed by atoms with Crippen molar-refractivity contribution in [1.82, 2.24) is 5.32 Å². The molecule has 6 nitrogen and oxygen atoms in total. The predicted molar refractivity (Wildman–Crippen MR) is 81.9 cm³/mol. The van der Waals surface area contributed by atoms with Crippen molar-refractivity contribution in [3.05, 3.63) is 53.5 Å². The number of rotatable bonds is 5. The fourth-order valence-electron chi connectivity index (χ4n) is 2.11. The highest BCUT2D eigenvalue weighted by Gasteiger charge is 2.17. The minimum atomic E-state index is -3.84. The minimum Gasteiger partial charge on any atom is -0.469 e. The van der Waals surface area contributed by atoms with Gasteiger partial charge in [-0.3, -0.25) is 4.79 Å². The van der Waals surface area contributed by atoms with E-state index in [1.54, 1.807) is 25.3 Å². The average molecular weight is 322 g/mol. The van der Waals surface area contributed by atoms with Crippen LogP contribution in [0.25, 0.3) is 0 Å². The van der Waals surface area contributed by atoms with Gasteiger partial charge in [-0.25, -0.2) is 13.6 Å². The van der Waals surface area contributed by atoms with Crippen LogP contribution in [0, 0.1) is 6.92 Å². The molecular formula is C15H18N2O4S. The monoisotopic (exact) mass is 322 g/mol. The van der Waals surface area contributed by atoms with Crippen LogP contribution >= 0.6 is 0 Å². The number of amides is 1. The molecule has 0 fully saturated rings. The zero-order valence-corrected chi connectivity index (χ0v) is 13.2. The molecule has 1 heterocycles. The van der Waals surface area contributed by atoms with Gasteiger partial charge in [0.1, 0.15) is 5.76 Å². The molecule has 3 N–H and O–H groups in total. The molecule has 1 atom stereocenters. The lowest BCUT2D eigenvalue weighted by molar-refractivity contribution is 0.0938. The van der Waals surface area contributed by atoms with Crippen molar-refractivity contribution in [2.24, 2.45) is 5.14 Å². The van der Waals surface area contributed by atoms with Crippen LogP contribution in [0.15, 0.2) is 45.9 Å². The van der Waals surface area contributed by atoms with E-state index in [-0.39, 0.29) is 22.4 Å². The van der Waals surface area contributed by atoms with Gasteiger partial charge in [-0.05, 0) is 43.7 Å². The second kappa shape index (κ2) is 6.33. The first-order valence-corrected chi connectivity index (χ1v) is 8.28. The molecule has 0 saturated carbocycles. The van der Waals surface area contributed by atoms with Gasteiger partial charge in [-0.2, -0.15) is 0 Å². The second-order valence-electron chi connectivity index (χ2n) is 5.18. The lowest BCUT2D eigenvalue weighted by Crippen LogP contribution is -2.34. The van der Waals surface area contributed by atoms with Crippen molar-refractivity contribution in [1.29, 1.82) is 0 Å². The standard InChI is InChI=1S/C15H18N2O4S/c1-10-5-6-13(22(16,19)20)9-14(10)15(18)17-11(2)8-12-4-3-7-21-12/h3-7,9,11H,8H2,1-2H3,(H,17,18)(H2,16,19,20). The maximum absolute atomic E-state index is 12.3. The van der Waals surface area contributed by atoms with Gasteiger partial charge in [-0.1, -0.05) is 6.07 Å². The number of sulfonamides is 1. The molecule has 0 aliphatic rings. The van der Waals surface area contributed by atoms with Crippen molar-refractivity contribution >= 4 is 15.9 Å². The number of furan rings is 1. The molecule has 1 unspecified atom stereocenters. The van der Waals surface area contributed by atoms with E-state index in [4.69, 9.17) is 9.56 Å². The van der Waals surface area contributed by atoms with Crippen molar-refractivity contribution in [2.45, 2.75) is 31.2 Å². The number of aryl methyl sites for hydroxylation is 1. The van der Waals surface area contributed by atoms with Gasteiger partial charge in [0.15, 0.2) is 0 Å². The van der Waals surface area contributed by atoms with Gasteiger partial charge in [0.05, 0.1) is 11.2 Å². The Hall–Kier alpha value is -2.12. The molecule has 0 aliphatic carbocycles. The zero-order valence-electron chi connectivity index (χ0n) is 12.4. The lowest BCUT2D eigenvalue weighted by atomic mass is 10.1. The predicted octanol–water partition coefficient (Wildman–Crippen LogP) is 1.60. The van der Waals surface area contributed by atoms with E-state index in [0.717, 1.165) is 5.76 Å². The Morgan fingerprint density at radius 1 is 1.36 bits per heavy atom. The summed E-state index contributed by atoms with van der Waals surface area (Å²) < 4.78 is 28.0. The van der Waals surface area contributed by atoms with Crippen molar-refractivity contribution < 1.29 is 17.6 Å². The van der Waals surface area contributed by atoms with Crippen molar-refractivity contribution in [2.75, 3.05) is 0 Å². The molecule has 118 valence electrons. The van der Waals surface area contributed by atoms with Crippen LogP contribution in [-0.4, -0.2) is 20.4 Å². The summed E-state index contributed by atoms with van der Waals surface area (Å²) in [6.45, 7) is 3.58. The number of hydrogen-bond acceptors (Lipinski definition) is 4. The number of benzene rings is 1. The molecule has 1 amide bonds. The first kappa shape index (κ1) is 16.3. The molecule has 0 radical (unpaired) electrons. The maximum Gasteiger partial charge on any atom is 0.251 e. The Bertz CT molecular complexity index is 767. The minimum absolute atomic E-state index is 0.0815. The lowest BCUT2D eigenvalue weighted by Gasteiger charge is -2.14. The molecule has 2 aromatic rings. The van der Waals surface area contributed by atoms with Crippen LogP contribution < -0.4 is 10.5 Å². The third-order valence-corrected chi connectivity index (χ3v) is 4.16. The summed E-state index contributed by atoms with van der Waals surface area (Å²) in [4.78, 5) is 12.2. The largest absolute Gasteiger partial charge is 0.469 e. The van der Waals surface area contributed by atoms with E-state index in [1.165, 1.54) is 12.1 Å². The molecule has 2 rings (SSSR count). The average Bonchev–Trinajstić information content (AvgIpc) is 2.90. The van der Waals surface area contributed by atoms with Gasteiger partial charge < -0.3 is 9.73 Å². The van der Waals surface area contributed by atoms with Crippen molar-refractivity contribution in [3.8, 4) is 0 Å². The first-order chi connectivity index (χ1) is 10.3. The van der Waals surface area contributed by atoms with E-state index >= 15 is 0 Å². The smallest absolute Gasteiger partial charge is 0.251 e. The molecule has 0 spiro atoms. The number of hydrogen-bond donors (Lipinski definition) is 2. The summed E-state index contributed by atoms with van der Waals surface area (Å²) in [6.07, 6.45) is 2.12. The molecule has 1 aromatic heterocycles. The number of carbonyl (C=O) groups is 1. The Labute approximate surface area is 129 Å². The Kier molecular flexibility index (Phi) is 4.68. The fourth-order valence-corrected chi connectivity index (χ4v) is 2.65. The summed E-state index contributed by atoms with van der Waals surface area (Å²) >= 11 is 0. The number of nitrogens with two attached hydrogens (primary N) is 1. The number of nitrogens with one attached hydrogen (secondary N) is 1. The van der Waals surface area contributed by atoms with Crippen LogP contribution in [0.4, 0.5) is 0 Å². The van der Waals surface area contributed by atoms with E-state index < -0.39 is 10.0 Å².